The van der Waals surface area contributed by atoms with Gasteiger partial charge in [-0.15, -0.1) is 0 Å². The van der Waals surface area contributed by atoms with E-state index in [1.54, 1.807) is 19.3 Å². The molecule has 0 bridgehead atoms. The molecule has 0 saturated heterocycles. The van der Waals surface area contributed by atoms with Crippen molar-refractivity contribution < 1.29 is 28.9 Å². The van der Waals surface area contributed by atoms with Crippen molar-refractivity contribution in [2.24, 2.45) is 10.9 Å². The van der Waals surface area contributed by atoms with Gasteiger partial charge in [0.15, 0.2) is 17.3 Å². The summed E-state index contributed by atoms with van der Waals surface area (Å²) in [5.41, 5.74) is -0.705. The second kappa shape index (κ2) is 8.86. The number of aliphatic hydroxyl groups excluding tert-OH is 1. The van der Waals surface area contributed by atoms with Crippen molar-refractivity contribution in [3.63, 3.8) is 0 Å². The van der Waals surface area contributed by atoms with Crippen LogP contribution in [0.3, 0.4) is 0 Å². The minimum Gasteiger partial charge on any atom is -0.507 e. The molecule has 0 amide bonds. The van der Waals surface area contributed by atoms with Crippen LogP contribution in [0.2, 0.25) is 5.02 Å². The summed E-state index contributed by atoms with van der Waals surface area (Å²) in [4.78, 5) is 34.6. The first-order valence-electron chi connectivity index (χ1n) is 10.4. The molecule has 1 aliphatic heterocycles. The number of aromatic nitrogens is 1. The third-order valence-corrected chi connectivity index (χ3v) is 6.37. The topological polar surface area (TPSA) is 107 Å². The van der Waals surface area contributed by atoms with Crippen molar-refractivity contribution in [2.75, 3.05) is 20.8 Å². The van der Waals surface area contributed by atoms with Gasteiger partial charge in [0, 0.05) is 43.6 Å². The number of fused-ring (bicyclic) bond motifs is 1. The molecule has 1 spiro atoms. The number of nitrogens with zero attached hydrogens (tertiary/aromatic N) is 2. The highest BCUT2D eigenvalue weighted by Crippen LogP contribution is 2.54. The predicted octanol–water partition coefficient (Wildman–Crippen LogP) is 3.80. The van der Waals surface area contributed by atoms with Crippen LogP contribution < -0.4 is 14.2 Å². The average Bonchev–Trinajstić information content (AvgIpc) is 3.13. The number of aliphatic imine (C=N–C) groups is 1. The van der Waals surface area contributed by atoms with Crippen LogP contribution in [0.1, 0.15) is 29.3 Å². The quantitative estimate of drug-likeness (QED) is 0.640. The number of aliphatic hydroxyl groups is 1. The molecule has 1 N–H and O–H groups in total. The van der Waals surface area contributed by atoms with Crippen LogP contribution in [0.5, 0.6) is 17.2 Å². The van der Waals surface area contributed by atoms with Gasteiger partial charge in [-0.3, -0.25) is 19.6 Å². The number of Topliss-reactive ketones (excluding diaryl/α,β-unsaturated/α-hetero) is 2. The molecule has 8 nitrogen and oxygen atoms in total. The Morgan fingerprint density at radius 2 is 1.97 bits per heavy atom. The summed E-state index contributed by atoms with van der Waals surface area (Å²) in [5, 5.41) is 11.3. The van der Waals surface area contributed by atoms with Crippen LogP contribution in [0, 0.1) is 5.92 Å². The largest absolute Gasteiger partial charge is 0.507 e. The van der Waals surface area contributed by atoms with Gasteiger partial charge in [0.25, 0.3) is 0 Å². The minimum absolute atomic E-state index is 0.00737. The lowest BCUT2D eigenvalue weighted by Gasteiger charge is -2.36. The molecule has 0 fully saturated rings. The molecular formula is C24H23ClN2O6. The molecule has 33 heavy (non-hydrogen) atoms. The highest BCUT2D eigenvalue weighted by Gasteiger charge is 2.60. The van der Waals surface area contributed by atoms with Gasteiger partial charge >= 0.3 is 0 Å². The number of allylic oxidation sites excluding steroid dienone is 1. The lowest BCUT2D eigenvalue weighted by Crippen LogP contribution is -2.52. The number of hydrogen-bond acceptors (Lipinski definition) is 8. The number of halogens is 1. The first-order chi connectivity index (χ1) is 15.8. The van der Waals surface area contributed by atoms with E-state index in [1.165, 1.54) is 26.5 Å². The zero-order valence-electron chi connectivity index (χ0n) is 18.4. The molecule has 0 saturated carbocycles. The summed E-state index contributed by atoms with van der Waals surface area (Å²) in [5.74, 6) is -1.45. The maximum atomic E-state index is 13.6. The van der Waals surface area contributed by atoms with Crippen LogP contribution >= 0.6 is 11.6 Å². The van der Waals surface area contributed by atoms with E-state index in [0.29, 0.717) is 13.0 Å². The monoisotopic (exact) mass is 470 g/mol. The van der Waals surface area contributed by atoms with Crippen molar-refractivity contribution in [1.82, 2.24) is 4.98 Å². The van der Waals surface area contributed by atoms with Crippen molar-refractivity contribution in [3.8, 4) is 17.2 Å². The van der Waals surface area contributed by atoms with Crippen molar-refractivity contribution in [2.45, 2.75) is 25.4 Å². The second-order valence-corrected chi connectivity index (χ2v) is 8.28. The zero-order valence-corrected chi connectivity index (χ0v) is 19.2. The molecule has 9 heteroatoms. The Morgan fingerprint density at radius 1 is 1.27 bits per heavy atom. The minimum atomic E-state index is -1.80. The Bertz CT molecular complexity index is 1180. The number of rotatable bonds is 6. The van der Waals surface area contributed by atoms with Crippen LogP contribution in [-0.2, 0) is 11.2 Å². The molecule has 0 radical (unpaired) electrons. The number of ether oxygens (including phenoxy) is 3. The third-order valence-electron chi connectivity index (χ3n) is 6.01. The summed E-state index contributed by atoms with van der Waals surface area (Å²) >= 11 is 6.42. The summed E-state index contributed by atoms with van der Waals surface area (Å²) in [7, 11) is 2.84. The van der Waals surface area contributed by atoms with E-state index in [4.69, 9.17) is 25.8 Å². The molecule has 2 atom stereocenters. The lowest BCUT2D eigenvalue weighted by atomic mass is 9.73. The van der Waals surface area contributed by atoms with Crippen LogP contribution in [0.25, 0.3) is 0 Å². The van der Waals surface area contributed by atoms with Gasteiger partial charge in [0.05, 0.1) is 19.8 Å². The highest BCUT2D eigenvalue weighted by atomic mass is 35.5. The Kier molecular flexibility index (Phi) is 6.12. The molecule has 4 rings (SSSR count). The maximum absolute atomic E-state index is 13.6. The average molecular weight is 471 g/mol. The van der Waals surface area contributed by atoms with E-state index in [2.05, 4.69) is 9.98 Å². The van der Waals surface area contributed by atoms with E-state index < -0.39 is 23.1 Å². The summed E-state index contributed by atoms with van der Waals surface area (Å²) < 4.78 is 16.7. The molecule has 2 aromatic rings. The SMILES string of the molecule is COc1cc(OC)c2c(c1Cl)OC1(C2=O)C(O)=C(C=NCCc2ccncc2)C(=O)CC1C. The van der Waals surface area contributed by atoms with Gasteiger partial charge in [0.2, 0.25) is 11.4 Å². The highest BCUT2D eigenvalue weighted by molar-refractivity contribution is 6.35. The number of hydrogen-bond donors (Lipinski definition) is 1. The molecule has 2 heterocycles. The van der Waals surface area contributed by atoms with Crippen molar-refractivity contribution >= 4 is 29.4 Å². The molecule has 1 aromatic carbocycles. The molecule has 172 valence electrons. The summed E-state index contributed by atoms with van der Waals surface area (Å²) in [6.45, 7) is 2.06. The first kappa shape index (κ1) is 22.8. The van der Waals surface area contributed by atoms with E-state index in [-0.39, 0.29) is 45.6 Å². The van der Waals surface area contributed by atoms with Crippen LogP contribution in [-0.4, -0.2) is 54.2 Å². The number of ketones is 2. The standard InChI is InChI=1S/C24H23ClN2O6/c1-13-10-16(28)15(12-27-9-6-14-4-7-26-8-5-14)22(29)24(13)23(30)19-17(31-2)11-18(32-3)20(25)21(19)33-24/h4-5,7-8,11-13,29H,6,9-10H2,1-3H3. The Morgan fingerprint density at radius 3 is 2.64 bits per heavy atom. The van der Waals surface area contributed by atoms with E-state index in [1.807, 2.05) is 12.1 Å². The smallest absolute Gasteiger partial charge is 0.231 e. The van der Waals surface area contributed by atoms with Gasteiger partial charge in [-0.2, -0.15) is 0 Å². The zero-order chi connectivity index (χ0) is 23.8. The fourth-order valence-corrected chi connectivity index (χ4v) is 4.48. The molecule has 1 aliphatic carbocycles. The van der Waals surface area contributed by atoms with Crippen LogP contribution in [0.15, 0.2) is 46.9 Å². The van der Waals surface area contributed by atoms with Gasteiger partial charge in [0.1, 0.15) is 22.1 Å². The summed E-state index contributed by atoms with van der Waals surface area (Å²) in [6, 6.07) is 5.24. The second-order valence-electron chi connectivity index (χ2n) is 7.90. The van der Waals surface area contributed by atoms with Crippen molar-refractivity contribution in [1.29, 1.82) is 0 Å². The lowest BCUT2D eigenvalue weighted by molar-refractivity contribution is -0.118. The fraction of sp³-hybridized carbons (Fsp3) is 0.333. The van der Waals surface area contributed by atoms with Gasteiger partial charge in [-0.05, 0) is 24.1 Å². The normalized spacial score (nSPS) is 22.1. The third kappa shape index (κ3) is 3.64. The number of methoxy groups -OCH3 is 2. The van der Waals surface area contributed by atoms with E-state index in [0.717, 1.165) is 5.56 Å². The fourth-order valence-electron chi connectivity index (χ4n) is 4.21. The predicted molar refractivity (Wildman–Crippen MR) is 122 cm³/mol. The number of carbonyl (C=O) groups is 2. The van der Waals surface area contributed by atoms with Gasteiger partial charge in [-0.1, -0.05) is 18.5 Å². The number of benzene rings is 1. The number of pyridine rings is 1. The molecule has 2 aliphatic rings. The first-order valence-corrected chi connectivity index (χ1v) is 10.8. The molecule has 2 unspecified atom stereocenters. The van der Waals surface area contributed by atoms with E-state index in [9.17, 15) is 14.7 Å². The van der Waals surface area contributed by atoms with Gasteiger partial charge in [-0.25, -0.2) is 0 Å². The van der Waals surface area contributed by atoms with Gasteiger partial charge < -0.3 is 19.3 Å². The Balaban J connectivity index is 1.72. The number of carbonyl (C=O) groups excluding carboxylic acids is 2. The Labute approximate surface area is 195 Å². The Hall–Kier alpha value is -3.39. The van der Waals surface area contributed by atoms with Crippen LogP contribution in [0.4, 0.5) is 0 Å². The van der Waals surface area contributed by atoms with E-state index >= 15 is 0 Å². The molecule has 1 aromatic heterocycles. The maximum Gasteiger partial charge on any atom is 0.231 e. The molecular weight excluding hydrogens is 448 g/mol. The summed E-state index contributed by atoms with van der Waals surface area (Å²) in [6.07, 6.45) is 5.32. The van der Waals surface area contributed by atoms with Crippen molar-refractivity contribution in [3.05, 3.63) is 58.1 Å².